The van der Waals surface area contributed by atoms with Crippen molar-refractivity contribution in [1.29, 1.82) is 0 Å². The molecule has 0 fully saturated rings. The van der Waals surface area contributed by atoms with E-state index in [0.717, 1.165) is 0 Å². The fraction of sp³-hybridized carbons (Fsp3) is 0.417. The summed E-state index contributed by atoms with van der Waals surface area (Å²) in [6.45, 7) is 3.31. The molecule has 100 valence electrons. The van der Waals surface area contributed by atoms with Crippen LogP contribution in [-0.4, -0.2) is 26.0 Å². The Balaban J connectivity index is 2.82. The molecule has 1 atom stereocenters. The third kappa shape index (κ3) is 3.71. The van der Waals surface area contributed by atoms with Crippen molar-refractivity contribution in [2.75, 3.05) is 16.9 Å². The number of carbonyl (C=O) groups excluding carboxylic acids is 1. The largest absolute Gasteiger partial charge is 0.326 e. The first kappa shape index (κ1) is 15.0. The van der Waals surface area contributed by atoms with E-state index < -0.39 is 9.84 Å². The SMILES string of the molecule is CCS(=O)(=O)c1ccc(NC(=O)C(C)CCl)cc1. The average molecular weight is 290 g/mol. The predicted molar refractivity (Wildman–Crippen MR) is 72.7 cm³/mol. The minimum Gasteiger partial charge on any atom is -0.326 e. The summed E-state index contributed by atoms with van der Waals surface area (Å²) in [6, 6.07) is 6.11. The van der Waals surface area contributed by atoms with Crippen LogP contribution in [0.3, 0.4) is 0 Å². The van der Waals surface area contributed by atoms with Crippen LogP contribution < -0.4 is 5.32 Å². The topological polar surface area (TPSA) is 63.2 Å². The van der Waals surface area contributed by atoms with Gasteiger partial charge in [0.2, 0.25) is 5.91 Å². The minimum absolute atomic E-state index is 0.0575. The Morgan fingerprint density at radius 1 is 1.33 bits per heavy atom. The molecule has 0 radical (unpaired) electrons. The van der Waals surface area contributed by atoms with E-state index in [1.54, 1.807) is 26.0 Å². The number of halogens is 1. The molecule has 6 heteroatoms. The third-order valence-corrected chi connectivity index (χ3v) is 4.75. The van der Waals surface area contributed by atoms with Gasteiger partial charge in [0.1, 0.15) is 0 Å². The molecular weight excluding hydrogens is 274 g/mol. The van der Waals surface area contributed by atoms with E-state index in [1.807, 2.05) is 0 Å². The van der Waals surface area contributed by atoms with Crippen LogP contribution in [0.5, 0.6) is 0 Å². The maximum absolute atomic E-state index is 11.6. The van der Waals surface area contributed by atoms with Crippen LogP contribution in [0.4, 0.5) is 5.69 Å². The molecule has 0 saturated heterocycles. The van der Waals surface area contributed by atoms with E-state index in [-0.39, 0.29) is 28.4 Å². The second-order valence-corrected chi connectivity index (χ2v) is 6.56. The summed E-state index contributed by atoms with van der Waals surface area (Å²) in [5.41, 5.74) is 0.562. The monoisotopic (exact) mass is 289 g/mol. The molecular formula is C12H16ClNO3S. The van der Waals surface area contributed by atoms with E-state index in [9.17, 15) is 13.2 Å². The van der Waals surface area contributed by atoms with E-state index in [4.69, 9.17) is 11.6 Å². The summed E-state index contributed by atoms with van der Waals surface area (Å²) in [4.78, 5) is 11.8. The van der Waals surface area contributed by atoms with Gasteiger partial charge in [-0.2, -0.15) is 0 Å². The van der Waals surface area contributed by atoms with Gasteiger partial charge in [0.15, 0.2) is 9.84 Å². The van der Waals surface area contributed by atoms with Crippen molar-refractivity contribution < 1.29 is 13.2 Å². The number of sulfone groups is 1. The highest BCUT2D eigenvalue weighted by Crippen LogP contribution is 2.16. The average Bonchev–Trinajstić information content (AvgIpc) is 2.38. The molecule has 0 bridgehead atoms. The van der Waals surface area contributed by atoms with Crippen molar-refractivity contribution in [3.63, 3.8) is 0 Å². The maximum atomic E-state index is 11.6. The number of alkyl halides is 1. The van der Waals surface area contributed by atoms with Gasteiger partial charge in [-0.1, -0.05) is 13.8 Å². The van der Waals surface area contributed by atoms with Gasteiger partial charge in [-0.25, -0.2) is 8.42 Å². The van der Waals surface area contributed by atoms with Crippen LogP contribution in [0.2, 0.25) is 0 Å². The number of anilines is 1. The number of carbonyl (C=O) groups is 1. The lowest BCUT2D eigenvalue weighted by Crippen LogP contribution is -2.21. The molecule has 0 heterocycles. The van der Waals surface area contributed by atoms with E-state index in [0.29, 0.717) is 5.69 Å². The number of nitrogens with one attached hydrogen (secondary N) is 1. The van der Waals surface area contributed by atoms with Gasteiger partial charge in [-0.05, 0) is 24.3 Å². The number of benzene rings is 1. The zero-order valence-corrected chi connectivity index (χ0v) is 11.9. The first-order valence-corrected chi connectivity index (χ1v) is 7.79. The second-order valence-electron chi connectivity index (χ2n) is 3.97. The number of hydrogen-bond acceptors (Lipinski definition) is 3. The van der Waals surface area contributed by atoms with Crippen LogP contribution >= 0.6 is 11.6 Å². The summed E-state index contributed by atoms with van der Waals surface area (Å²) in [7, 11) is -3.20. The lowest BCUT2D eigenvalue weighted by molar-refractivity contribution is -0.118. The summed E-state index contributed by atoms with van der Waals surface area (Å²) in [6.07, 6.45) is 0. The Kier molecular flexibility index (Phi) is 5.16. The van der Waals surface area contributed by atoms with Crippen molar-refractivity contribution >= 4 is 33.0 Å². The number of hydrogen-bond donors (Lipinski definition) is 1. The molecule has 0 spiro atoms. The lowest BCUT2D eigenvalue weighted by Gasteiger charge is -2.09. The summed E-state index contributed by atoms with van der Waals surface area (Å²) >= 11 is 5.58. The van der Waals surface area contributed by atoms with E-state index in [1.165, 1.54) is 12.1 Å². The molecule has 1 aromatic rings. The summed E-state index contributed by atoms with van der Waals surface area (Å²) in [5, 5.41) is 2.67. The highest BCUT2D eigenvalue weighted by Gasteiger charge is 2.13. The smallest absolute Gasteiger partial charge is 0.228 e. The third-order valence-electron chi connectivity index (χ3n) is 2.54. The zero-order chi connectivity index (χ0) is 13.8. The normalized spacial score (nSPS) is 13.1. The first-order valence-electron chi connectivity index (χ1n) is 5.60. The van der Waals surface area contributed by atoms with Gasteiger partial charge in [-0.15, -0.1) is 11.6 Å². The Hall–Kier alpha value is -1.07. The second kappa shape index (κ2) is 6.20. The van der Waals surface area contributed by atoms with Crippen molar-refractivity contribution in [2.24, 2.45) is 5.92 Å². The van der Waals surface area contributed by atoms with E-state index >= 15 is 0 Å². The first-order chi connectivity index (χ1) is 8.40. The molecule has 1 aromatic carbocycles. The molecule has 0 saturated carbocycles. The highest BCUT2D eigenvalue weighted by atomic mass is 35.5. The van der Waals surface area contributed by atoms with Crippen LogP contribution in [-0.2, 0) is 14.6 Å². The molecule has 1 N–H and O–H groups in total. The van der Waals surface area contributed by atoms with Gasteiger partial charge in [-0.3, -0.25) is 4.79 Å². The number of amides is 1. The van der Waals surface area contributed by atoms with Crippen molar-refractivity contribution in [3.8, 4) is 0 Å². The quantitative estimate of drug-likeness (QED) is 0.846. The summed E-state index contributed by atoms with van der Waals surface area (Å²) < 4.78 is 23.2. The lowest BCUT2D eigenvalue weighted by atomic mass is 10.2. The van der Waals surface area contributed by atoms with Gasteiger partial charge in [0, 0.05) is 17.5 Å². The van der Waals surface area contributed by atoms with E-state index in [2.05, 4.69) is 5.32 Å². The standard InChI is InChI=1S/C12H16ClNO3S/c1-3-18(16,17)11-6-4-10(5-7-11)14-12(15)9(2)8-13/h4-7,9H,3,8H2,1-2H3,(H,14,15). The van der Waals surface area contributed by atoms with Crippen molar-refractivity contribution in [2.45, 2.75) is 18.7 Å². The van der Waals surface area contributed by atoms with Gasteiger partial charge < -0.3 is 5.32 Å². The maximum Gasteiger partial charge on any atom is 0.228 e. The molecule has 0 aromatic heterocycles. The summed E-state index contributed by atoms with van der Waals surface area (Å²) in [5.74, 6) is -0.169. The van der Waals surface area contributed by atoms with Crippen LogP contribution in [0.15, 0.2) is 29.2 Å². The van der Waals surface area contributed by atoms with Crippen molar-refractivity contribution in [1.82, 2.24) is 0 Å². The Labute approximate surface area is 112 Å². The van der Waals surface area contributed by atoms with Crippen LogP contribution in [0.25, 0.3) is 0 Å². The molecule has 4 nitrogen and oxygen atoms in total. The molecule has 18 heavy (non-hydrogen) atoms. The molecule has 1 unspecified atom stereocenters. The molecule has 1 rings (SSSR count). The fourth-order valence-electron chi connectivity index (χ4n) is 1.25. The molecule has 0 aliphatic carbocycles. The Morgan fingerprint density at radius 3 is 2.33 bits per heavy atom. The fourth-order valence-corrected chi connectivity index (χ4v) is 2.27. The predicted octanol–water partition coefficient (Wildman–Crippen LogP) is 2.29. The Morgan fingerprint density at radius 2 is 1.89 bits per heavy atom. The molecule has 0 aliphatic rings. The van der Waals surface area contributed by atoms with Crippen LogP contribution in [0.1, 0.15) is 13.8 Å². The van der Waals surface area contributed by atoms with Gasteiger partial charge >= 0.3 is 0 Å². The Bertz CT molecular complexity index is 511. The number of rotatable bonds is 5. The zero-order valence-electron chi connectivity index (χ0n) is 10.3. The van der Waals surface area contributed by atoms with Gasteiger partial charge in [0.25, 0.3) is 0 Å². The highest BCUT2D eigenvalue weighted by molar-refractivity contribution is 7.91. The van der Waals surface area contributed by atoms with Crippen LogP contribution in [0, 0.1) is 5.92 Å². The minimum atomic E-state index is -3.20. The van der Waals surface area contributed by atoms with Gasteiger partial charge in [0.05, 0.1) is 10.6 Å². The van der Waals surface area contributed by atoms with Crippen molar-refractivity contribution in [3.05, 3.63) is 24.3 Å². The molecule has 1 amide bonds. The molecule has 0 aliphatic heterocycles.